The van der Waals surface area contributed by atoms with Gasteiger partial charge in [0.25, 0.3) is 0 Å². The van der Waals surface area contributed by atoms with Crippen LogP contribution >= 0.6 is 11.3 Å². The van der Waals surface area contributed by atoms with E-state index in [-0.39, 0.29) is 6.61 Å². The Morgan fingerprint density at radius 1 is 1.04 bits per heavy atom. The molecule has 1 N–H and O–H groups in total. The number of alkyl halides is 3. The second kappa shape index (κ2) is 7.47. The van der Waals surface area contributed by atoms with E-state index in [1.165, 1.54) is 23.5 Å². The van der Waals surface area contributed by atoms with Gasteiger partial charge in [0.05, 0.1) is 29.9 Å². The number of hydrogen-bond donors (Lipinski definition) is 1. The molecule has 26 heavy (non-hydrogen) atoms. The van der Waals surface area contributed by atoms with Crippen LogP contribution in [-0.4, -0.2) is 17.2 Å². The maximum absolute atomic E-state index is 12.7. The number of thiazole rings is 1. The molecule has 0 saturated carbocycles. The lowest BCUT2D eigenvalue weighted by Gasteiger charge is -2.06. The first-order valence-corrected chi connectivity index (χ1v) is 8.62. The number of aliphatic hydroxyl groups is 1. The first-order valence-electron chi connectivity index (χ1n) is 7.80. The van der Waals surface area contributed by atoms with Crippen molar-refractivity contribution in [2.45, 2.75) is 19.2 Å². The second-order valence-corrected chi connectivity index (χ2v) is 6.73. The normalized spacial score (nSPS) is 11.6. The average molecular weight is 379 g/mol. The molecule has 7 heteroatoms. The molecule has 0 spiro atoms. The van der Waals surface area contributed by atoms with Crippen LogP contribution in [0, 0.1) is 0 Å². The Morgan fingerprint density at radius 3 is 2.23 bits per heavy atom. The van der Waals surface area contributed by atoms with Crippen LogP contribution in [0.2, 0.25) is 0 Å². The lowest BCUT2D eigenvalue weighted by molar-refractivity contribution is -0.137. The van der Waals surface area contributed by atoms with Gasteiger partial charge in [0.15, 0.2) is 0 Å². The minimum absolute atomic E-state index is 0.163. The van der Waals surface area contributed by atoms with Crippen LogP contribution in [0.3, 0.4) is 0 Å². The molecule has 3 aromatic rings. The van der Waals surface area contributed by atoms with Gasteiger partial charge in [-0.2, -0.15) is 13.2 Å². The predicted molar refractivity (Wildman–Crippen MR) is 94.3 cm³/mol. The molecule has 0 atom stereocenters. The van der Waals surface area contributed by atoms with Gasteiger partial charge in [0, 0.05) is 12.0 Å². The molecule has 2 aromatic carbocycles. The predicted octanol–water partition coefficient (Wildman–Crippen LogP) is 4.92. The average Bonchev–Trinajstić information content (AvgIpc) is 3.04. The number of hydrogen-bond acceptors (Lipinski definition) is 4. The van der Waals surface area contributed by atoms with E-state index in [1.807, 2.05) is 24.3 Å². The highest BCUT2D eigenvalue weighted by Crippen LogP contribution is 2.33. The minimum Gasteiger partial charge on any atom is -0.497 e. The number of aliphatic hydroxyl groups excluding tert-OH is 1. The van der Waals surface area contributed by atoms with Crippen LogP contribution in [0.5, 0.6) is 5.75 Å². The number of halogens is 3. The topological polar surface area (TPSA) is 42.4 Å². The Kier molecular flexibility index (Phi) is 5.29. The fraction of sp³-hybridized carbons (Fsp3) is 0.211. The van der Waals surface area contributed by atoms with E-state index in [4.69, 9.17) is 4.74 Å². The number of nitrogens with zero attached hydrogens (tertiary/aromatic N) is 1. The maximum atomic E-state index is 12.7. The third-order valence-corrected chi connectivity index (χ3v) is 5.04. The molecule has 0 amide bonds. The number of rotatable bonds is 5. The Labute approximate surface area is 152 Å². The summed E-state index contributed by atoms with van der Waals surface area (Å²) in [5.41, 5.74) is 1.62. The van der Waals surface area contributed by atoms with E-state index in [9.17, 15) is 18.3 Å². The van der Waals surface area contributed by atoms with E-state index in [0.29, 0.717) is 21.9 Å². The fourth-order valence-electron chi connectivity index (χ4n) is 2.51. The lowest BCUT2D eigenvalue weighted by Crippen LogP contribution is -2.03. The Hall–Kier alpha value is -2.38. The Bertz CT molecular complexity index is 871. The number of aromatic nitrogens is 1. The van der Waals surface area contributed by atoms with Crippen LogP contribution in [-0.2, 0) is 19.2 Å². The smallest absolute Gasteiger partial charge is 0.416 e. The molecule has 0 fully saturated rings. The van der Waals surface area contributed by atoms with Gasteiger partial charge in [0.2, 0.25) is 0 Å². The molecule has 0 unspecified atom stereocenters. The zero-order valence-corrected chi connectivity index (χ0v) is 14.7. The van der Waals surface area contributed by atoms with E-state index >= 15 is 0 Å². The van der Waals surface area contributed by atoms with Gasteiger partial charge < -0.3 is 9.84 Å². The molecule has 0 bridgehead atoms. The number of methoxy groups -OCH3 is 1. The van der Waals surface area contributed by atoms with Crippen LogP contribution in [0.4, 0.5) is 13.2 Å². The van der Waals surface area contributed by atoms with Crippen molar-refractivity contribution in [2.24, 2.45) is 0 Å². The van der Waals surface area contributed by atoms with Gasteiger partial charge in [-0.25, -0.2) is 4.98 Å². The van der Waals surface area contributed by atoms with Crippen molar-refractivity contribution in [1.82, 2.24) is 4.98 Å². The van der Waals surface area contributed by atoms with Crippen molar-refractivity contribution in [3.05, 3.63) is 70.2 Å². The highest BCUT2D eigenvalue weighted by Gasteiger charge is 2.30. The maximum Gasteiger partial charge on any atom is 0.416 e. The molecule has 0 aliphatic carbocycles. The zero-order valence-electron chi connectivity index (χ0n) is 13.9. The van der Waals surface area contributed by atoms with E-state index < -0.39 is 11.7 Å². The molecule has 3 rings (SSSR count). The first kappa shape index (κ1) is 18.4. The van der Waals surface area contributed by atoms with Crippen molar-refractivity contribution in [2.75, 3.05) is 7.11 Å². The van der Waals surface area contributed by atoms with Crippen molar-refractivity contribution < 1.29 is 23.0 Å². The molecule has 0 aliphatic rings. The summed E-state index contributed by atoms with van der Waals surface area (Å²) in [7, 11) is 1.59. The molecule has 1 heterocycles. The SMILES string of the molecule is COc1ccc(Cc2nc(-c3ccc(C(F)(F)F)cc3)sc2CO)cc1. The number of benzene rings is 2. The van der Waals surface area contributed by atoms with E-state index in [1.54, 1.807) is 7.11 Å². The number of ether oxygens (including phenoxy) is 1. The third kappa shape index (κ3) is 4.05. The summed E-state index contributed by atoms with van der Waals surface area (Å²) >= 11 is 1.29. The monoisotopic (exact) mass is 379 g/mol. The summed E-state index contributed by atoms with van der Waals surface area (Å²) in [5.74, 6) is 0.750. The lowest BCUT2D eigenvalue weighted by atomic mass is 10.1. The van der Waals surface area contributed by atoms with Gasteiger partial charge in [-0.05, 0) is 29.8 Å². The van der Waals surface area contributed by atoms with Crippen molar-refractivity contribution in [3.8, 4) is 16.3 Å². The van der Waals surface area contributed by atoms with E-state index in [2.05, 4.69) is 4.98 Å². The molecule has 3 nitrogen and oxygen atoms in total. The van der Waals surface area contributed by atoms with E-state index in [0.717, 1.165) is 29.1 Å². The largest absolute Gasteiger partial charge is 0.497 e. The molecular weight excluding hydrogens is 363 g/mol. The molecule has 0 radical (unpaired) electrons. The van der Waals surface area contributed by atoms with Gasteiger partial charge in [-0.1, -0.05) is 24.3 Å². The quantitative estimate of drug-likeness (QED) is 0.684. The third-order valence-electron chi connectivity index (χ3n) is 3.91. The summed E-state index contributed by atoms with van der Waals surface area (Å²) in [6.45, 7) is -0.163. The molecular formula is C19H16F3NO2S. The molecule has 0 saturated heterocycles. The van der Waals surface area contributed by atoms with Crippen LogP contribution < -0.4 is 4.74 Å². The zero-order chi connectivity index (χ0) is 18.7. The van der Waals surface area contributed by atoms with Crippen LogP contribution in [0.15, 0.2) is 48.5 Å². The van der Waals surface area contributed by atoms with Crippen molar-refractivity contribution in [1.29, 1.82) is 0 Å². The standard InChI is InChI=1S/C19H16F3NO2S/c1-25-15-8-2-12(3-9-15)10-16-17(11-24)26-18(23-16)13-4-6-14(7-5-13)19(20,21)22/h2-9,24H,10-11H2,1H3. The van der Waals surface area contributed by atoms with Crippen LogP contribution in [0.1, 0.15) is 21.7 Å². The Morgan fingerprint density at radius 2 is 1.69 bits per heavy atom. The highest BCUT2D eigenvalue weighted by atomic mass is 32.1. The molecule has 136 valence electrons. The minimum atomic E-state index is -4.36. The highest BCUT2D eigenvalue weighted by molar-refractivity contribution is 7.15. The van der Waals surface area contributed by atoms with Crippen molar-refractivity contribution >= 4 is 11.3 Å². The summed E-state index contributed by atoms with van der Waals surface area (Å²) in [6, 6.07) is 12.4. The van der Waals surface area contributed by atoms with Gasteiger partial charge in [-0.15, -0.1) is 11.3 Å². The van der Waals surface area contributed by atoms with Gasteiger partial charge in [0.1, 0.15) is 10.8 Å². The summed E-state index contributed by atoms with van der Waals surface area (Å²) in [6.07, 6.45) is -3.84. The van der Waals surface area contributed by atoms with Gasteiger partial charge in [-0.3, -0.25) is 0 Å². The summed E-state index contributed by atoms with van der Waals surface area (Å²) in [5, 5.41) is 10.2. The van der Waals surface area contributed by atoms with Gasteiger partial charge >= 0.3 is 6.18 Å². The molecule has 1 aromatic heterocycles. The molecule has 0 aliphatic heterocycles. The Balaban J connectivity index is 1.86. The second-order valence-electron chi connectivity index (χ2n) is 5.65. The van der Waals surface area contributed by atoms with Crippen LogP contribution in [0.25, 0.3) is 10.6 Å². The first-order chi connectivity index (χ1) is 12.4. The summed E-state index contributed by atoms with van der Waals surface area (Å²) in [4.78, 5) is 5.23. The fourth-order valence-corrected chi connectivity index (χ4v) is 3.45. The summed E-state index contributed by atoms with van der Waals surface area (Å²) < 4.78 is 43.2. The van der Waals surface area contributed by atoms with Crippen molar-refractivity contribution in [3.63, 3.8) is 0 Å².